The first-order valence-electron chi connectivity index (χ1n) is 8.38. The van der Waals surface area contributed by atoms with Crippen LogP contribution in [0.15, 0.2) is 24.3 Å². The summed E-state index contributed by atoms with van der Waals surface area (Å²) in [6, 6.07) is 8.65. The van der Waals surface area contributed by atoms with Crippen LogP contribution in [0.2, 0.25) is 0 Å². The predicted octanol–water partition coefficient (Wildman–Crippen LogP) is 2.60. The van der Waals surface area contributed by atoms with E-state index in [2.05, 4.69) is 29.6 Å². The summed E-state index contributed by atoms with van der Waals surface area (Å²) in [6.07, 6.45) is 6.82. The van der Waals surface area contributed by atoms with Gasteiger partial charge in [0.1, 0.15) is 0 Å². The summed E-state index contributed by atoms with van der Waals surface area (Å²) in [6.45, 7) is 1.60. The first kappa shape index (κ1) is 14.6. The van der Waals surface area contributed by atoms with Crippen LogP contribution in [-0.4, -0.2) is 19.0 Å². The standard InChI is InChI=1S/C18H26N2O/c19-11-5-1-2-6-12-20-18(21)17-15-10-9-13-7-3-4-8-14(13)16(15)17/h3-4,7-8,15-17H,1-2,5-6,9-12,19H2,(H,20,21). The molecule has 3 heteroatoms. The van der Waals surface area contributed by atoms with E-state index in [0.717, 1.165) is 38.8 Å². The van der Waals surface area contributed by atoms with Gasteiger partial charge < -0.3 is 11.1 Å². The molecule has 3 rings (SSSR count). The van der Waals surface area contributed by atoms with E-state index in [1.165, 1.54) is 24.0 Å². The molecule has 1 amide bonds. The minimum absolute atomic E-state index is 0.234. The maximum Gasteiger partial charge on any atom is 0.224 e. The fourth-order valence-electron chi connectivity index (χ4n) is 3.88. The number of hydrogen-bond donors (Lipinski definition) is 2. The highest BCUT2D eigenvalue weighted by Gasteiger charge is 2.56. The third-order valence-electron chi connectivity index (χ3n) is 5.06. The lowest BCUT2D eigenvalue weighted by Gasteiger charge is -2.13. The lowest BCUT2D eigenvalue weighted by Crippen LogP contribution is -2.27. The molecule has 1 saturated carbocycles. The molecule has 1 fully saturated rings. The second-order valence-electron chi connectivity index (χ2n) is 6.45. The van der Waals surface area contributed by atoms with Crippen LogP contribution in [0.5, 0.6) is 0 Å². The van der Waals surface area contributed by atoms with E-state index in [4.69, 9.17) is 5.73 Å². The molecule has 3 nitrogen and oxygen atoms in total. The summed E-state index contributed by atoms with van der Waals surface area (Å²) in [7, 11) is 0. The van der Waals surface area contributed by atoms with Crippen LogP contribution in [-0.2, 0) is 11.2 Å². The number of rotatable bonds is 7. The van der Waals surface area contributed by atoms with E-state index >= 15 is 0 Å². The number of benzene rings is 1. The van der Waals surface area contributed by atoms with Crippen LogP contribution in [0.1, 0.15) is 49.1 Å². The average molecular weight is 286 g/mol. The zero-order valence-corrected chi connectivity index (χ0v) is 12.7. The molecule has 0 bridgehead atoms. The van der Waals surface area contributed by atoms with Crippen molar-refractivity contribution in [2.24, 2.45) is 17.6 Å². The van der Waals surface area contributed by atoms with Gasteiger partial charge in [-0.2, -0.15) is 0 Å². The summed E-state index contributed by atoms with van der Waals surface area (Å²) in [4.78, 5) is 12.3. The van der Waals surface area contributed by atoms with Crippen molar-refractivity contribution < 1.29 is 4.79 Å². The monoisotopic (exact) mass is 286 g/mol. The van der Waals surface area contributed by atoms with Gasteiger partial charge in [0.2, 0.25) is 5.91 Å². The zero-order valence-electron chi connectivity index (χ0n) is 12.7. The van der Waals surface area contributed by atoms with Crippen LogP contribution in [0.3, 0.4) is 0 Å². The van der Waals surface area contributed by atoms with Crippen LogP contribution in [0.4, 0.5) is 0 Å². The molecule has 1 aromatic carbocycles. The zero-order chi connectivity index (χ0) is 14.7. The van der Waals surface area contributed by atoms with Gasteiger partial charge in [-0.3, -0.25) is 4.79 Å². The smallest absolute Gasteiger partial charge is 0.224 e. The third kappa shape index (κ3) is 3.13. The highest BCUT2D eigenvalue weighted by molar-refractivity contribution is 5.84. The van der Waals surface area contributed by atoms with Gasteiger partial charge in [-0.05, 0) is 55.2 Å². The summed E-state index contributed by atoms with van der Waals surface area (Å²) >= 11 is 0. The molecule has 2 aliphatic carbocycles. The van der Waals surface area contributed by atoms with E-state index in [0.29, 0.717) is 11.8 Å². The molecule has 114 valence electrons. The number of nitrogens with one attached hydrogen (secondary N) is 1. The Balaban J connectivity index is 1.46. The Morgan fingerprint density at radius 3 is 2.86 bits per heavy atom. The Labute approximate surface area is 127 Å². The Morgan fingerprint density at radius 2 is 2.00 bits per heavy atom. The topological polar surface area (TPSA) is 55.1 Å². The molecule has 21 heavy (non-hydrogen) atoms. The van der Waals surface area contributed by atoms with Crippen molar-refractivity contribution in [1.82, 2.24) is 5.32 Å². The van der Waals surface area contributed by atoms with E-state index in [9.17, 15) is 4.79 Å². The number of hydrogen-bond acceptors (Lipinski definition) is 2. The van der Waals surface area contributed by atoms with Crippen molar-refractivity contribution in [2.45, 2.75) is 44.4 Å². The number of amides is 1. The largest absolute Gasteiger partial charge is 0.356 e. The average Bonchev–Trinajstić information content (AvgIpc) is 3.25. The molecule has 2 aliphatic rings. The number of aryl methyl sites for hydroxylation is 1. The van der Waals surface area contributed by atoms with Gasteiger partial charge in [0.15, 0.2) is 0 Å². The molecule has 3 N–H and O–H groups in total. The van der Waals surface area contributed by atoms with Gasteiger partial charge in [-0.25, -0.2) is 0 Å². The lowest BCUT2D eigenvalue weighted by atomic mass is 9.92. The van der Waals surface area contributed by atoms with Gasteiger partial charge >= 0.3 is 0 Å². The van der Waals surface area contributed by atoms with Crippen LogP contribution in [0.25, 0.3) is 0 Å². The van der Waals surface area contributed by atoms with Crippen molar-refractivity contribution in [3.05, 3.63) is 35.4 Å². The molecule has 0 radical (unpaired) electrons. The summed E-state index contributed by atoms with van der Waals surface area (Å²) in [5.74, 6) is 1.60. The van der Waals surface area contributed by atoms with Crippen molar-refractivity contribution in [3.63, 3.8) is 0 Å². The van der Waals surface area contributed by atoms with Crippen molar-refractivity contribution in [2.75, 3.05) is 13.1 Å². The van der Waals surface area contributed by atoms with Crippen molar-refractivity contribution in [3.8, 4) is 0 Å². The SMILES string of the molecule is NCCCCCCNC(=O)C1C2CCc3ccccc3C21. The number of nitrogens with two attached hydrogens (primary N) is 1. The maximum atomic E-state index is 12.3. The second-order valence-corrected chi connectivity index (χ2v) is 6.45. The molecule has 0 saturated heterocycles. The predicted molar refractivity (Wildman–Crippen MR) is 85.0 cm³/mol. The molecule has 0 heterocycles. The lowest BCUT2D eigenvalue weighted by molar-refractivity contribution is -0.122. The Bertz CT molecular complexity index is 500. The second kappa shape index (κ2) is 6.61. The maximum absolute atomic E-state index is 12.3. The highest BCUT2D eigenvalue weighted by Crippen LogP contribution is 2.59. The molecule has 0 spiro atoms. The molecular weight excluding hydrogens is 260 g/mol. The Morgan fingerprint density at radius 1 is 1.19 bits per heavy atom. The number of carbonyl (C=O) groups is 1. The quantitative estimate of drug-likeness (QED) is 0.757. The molecule has 0 aromatic heterocycles. The minimum atomic E-state index is 0.234. The van der Waals surface area contributed by atoms with Crippen molar-refractivity contribution >= 4 is 5.91 Å². The molecular formula is C18H26N2O. The molecule has 3 unspecified atom stereocenters. The van der Waals surface area contributed by atoms with E-state index in [1.54, 1.807) is 0 Å². The normalized spacial score (nSPS) is 25.9. The molecule has 0 aliphatic heterocycles. The van der Waals surface area contributed by atoms with Crippen molar-refractivity contribution in [1.29, 1.82) is 0 Å². The van der Waals surface area contributed by atoms with E-state index in [1.807, 2.05) is 0 Å². The first-order chi connectivity index (χ1) is 10.3. The minimum Gasteiger partial charge on any atom is -0.356 e. The molecule has 3 atom stereocenters. The number of unbranched alkanes of at least 4 members (excludes halogenated alkanes) is 3. The number of carbonyl (C=O) groups excluding carboxylic acids is 1. The van der Waals surface area contributed by atoms with Gasteiger partial charge in [0.05, 0.1) is 0 Å². The third-order valence-corrected chi connectivity index (χ3v) is 5.06. The fourth-order valence-corrected chi connectivity index (χ4v) is 3.88. The van der Waals surface area contributed by atoms with E-state index < -0.39 is 0 Å². The molecule has 1 aromatic rings. The fraction of sp³-hybridized carbons (Fsp3) is 0.611. The van der Waals surface area contributed by atoms with Crippen LogP contribution >= 0.6 is 0 Å². The van der Waals surface area contributed by atoms with Gasteiger partial charge in [0.25, 0.3) is 0 Å². The highest BCUT2D eigenvalue weighted by atomic mass is 16.2. The summed E-state index contributed by atoms with van der Waals surface area (Å²) in [5.41, 5.74) is 8.36. The van der Waals surface area contributed by atoms with Crippen LogP contribution in [0, 0.1) is 11.8 Å². The van der Waals surface area contributed by atoms with Crippen LogP contribution < -0.4 is 11.1 Å². The summed E-state index contributed by atoms with van der Waals surface area (Å²) in [5, 5.41) is 3.14. The van der Waals surface area contributed by atoms with Gasteiger partial charge in [0, 0.05) is 12.5 Å². The Hall–Kier alpha value is -1.35. The van der Waals surface area contributed by atoms with Gasteiger partial charge in [-0.1, -0.05) is 37.1 Å². The van der Waals surface area contributed by atoms with E-state index in [-0.39, 0.29) is 11.8 Å². The summed E-state index contributed by atoms with van der Waals surface area (Å²) < 4.78 is 0. The first-order valence-corrected chi connectivity index (χ1v) is 8.38. The van der Waals surface area contributed by atoms with Gasteiger partial charge in [-0.15, -0.1) is 0 Å². The number of fused-ring (bicyclic) bond motifs is 3. The Kier molecular flexibility index (Phi) is 4.59.